The second kappa shape index (κ2) is 6.99. The minimum atomic E-state index is -5.80. The van der Waals surface area contributed by atoms with Gasteiger partial charge >= 0.3 is 18.0 Å². The molecule has 0 rings (SSSR count). The molecule has 0 amide bonds. The van der Waals surface area contributed by atoms with Crippen LogP contribution in [0.4, 0.5) is 26.3 Å². The Labute approximate surface area is 120 Å². The van der Waals surface area contributed by atoms with Gasteiger partial charge in [-0.25, -0.2) is 4.39 Å². The molecule has 20 heavy (non-hydrogen) atoms. The average Bonchev–Trinajstić information content (AvgIpc) is 2.22. The van der Waals surface area contributed by atoms with E-state index in [4.69, 9.17) is 11.2 Å². The van der Waals surface area contributed by atoms with E-state index < -0.39 is 44.7 Å². The summed E-state index contributed by atoms with van der Waals surface area (Å²) < 4.78 is 83.0. The molecule has 0 radical (unpaired) electrons. The van der Waals surface area contributed by atoms with Gasteiger partial charge in [0.15, 0.2) is 0 Å². The third kappa shape index (κ3) is 4.36. The molecule has 0 bridgehead atoms. The van der Waals surface area contributed by atoms with Crippen LogP contribution in [0.25, 0.3) is 0 Å². The number of rotatable bonds is 7. The smallest absolute Gasteiger partial charge is 0.295 e. The van der Waals surface area contributed by atoms with Gasteiger partial charge in [-0.15, -0.1) is 0 Å². The summed E-state index contributed by atoms with van der Waals surface area (Å²) in [6.45, 7) is 4.40. The largest absolute Gasteiger partial charge is 0.432 e. The summed E-state index contributed by atoms with van der Waals surface area (Å²) in [5.74, 6) is 0. The van der Waals surface area contributed by atoms with E-state index in [1.54, 1.807) is 0 Å². The van der Waals surface area contributed by atoms with E-state index >= 15 is 0 Å². The molecular formula is C10H17ClF6NOP. The van der Waals surface area contributed by atoms with Gasteiger partial charge in [-0.05, 0) is 27.7 Å². The highest BCUT2D eigenvalue weighted by Crippen LogP contribution is 2.49. The normalized spacial score (nSPS) is 17.7. The molecule has 0 aromatic heterocycles. The van der Waals surface area contributed by atoms with E-state index in [-0.39, 0.29) is 0 Å². The first kappa shape index (κ1) is 20.2. The Bertz CT molecular complexity index is 307. The third-order valence-corrected chi connectivity index (χ3v) is 3.37. The minimum Gasteiger partial charge on any atom is -0.295 e. The molecule has 122 valence electrons. The predicted octanol–water partition coefficient (Wildman–Crippen LogP) is 4.73. The molecule has 0 fully saturated rings. The Morgan fingerprint density at radius 1 is 1.00 bits per heavy atom. The van der Waals surface area contributed by atoms with E-state index in [2.05, 4.69) is 4.52 Å². The fourth-order valence-electron chi connectivity index (χ4n) is 1.69. The van der Waals surface area contributed by atoms with Crippen molar-refractivity contribution in [2.24, 2.45) is 0 Å². The van der Waals surface area contributed by atoms with E-state index in [0.717, 1.165) is 4.90 Å². The topological polar surface area (TPSA) is 12.5 Å². The number of hydrogen-bond donors (Lipinski definition) is 0. The van der Waals surface area contributed by atoms with Gasteiger partial charge in [0.1, 0.15) is 8.16 Å². The third-order valence-electron chi connectivity index (χ3n) is 2.80. The Kier molecular flexibility index (Phi) is 7.06. The minimum absolute atomic E-state index is 0.554. The second-order valence-electron chi connectivity index (χ2n) is 4.85. The van der Waals surface area contributed by atoms with Crippen molar-refractivity contribution in [2.75, 3.05) is 6.54 Å². The lowest BCUT2D eigenvalue weighted by Crippen LogP contribution is -2.63. The Morgan fingerprint density at radius 3 is 1.65 bits per heavy atom. The molecular weight excluding hydrogens is 331 g/mol. The first-order valence-corrected chi connectivity index (χ1v) is 7.65. The van der Waals surface area contributed by atoms with Crippen molar-refractivity contribution in [3.8, 4) is 0 Å². The van der Waals surface area contributed by atoms with Gasteiger partial charge in [0.25, 0.3) is 0 Å². The van der Waals surface area contributed by atoms with Crippen LogP contribution in [-0.2, 0) is 4.52 Å². The van der Waals surface area contributed by atoms with Gasteiger partial charge < -0.3 is 0 Å². The van der Waals surface area contributed by atoms with Crippen molar-refractivity contribution < 1.29 is 30.9 Å². The predicted molar refractivity (Wildman–Crippen MR) is 67.1 cm³/mol. The van der Waals surface area contributed by atoms with E-state index in [1.807, 2.05) is 0 Å². The lowest BCUT2D eigenvalue weighted by atomic mass is 10.0. The zero-order valence-corrected chi connectivity index (χ0v) is 13.1. The van der Waals surface area contributed by atoms with E-state index in [1.165, 1.54) is 27.7 Å². The summed E-state index contributed by atoms with van der Waals surface area (Å²) in [6.07, 6.45) is -10.9. The van der Waals surface area contributed by atoms with Gasteiger partial charge in [-0.3, -0.25) is 9.42 Å². The van der Waals surface area contributed by atoms with Gasteiger partial charge in [0, 0.05) is 12.1 Å². The molecule has 0 aliphatic heterocycles. The zero-order chi connectivity index (χ0) is 16.4. The van der Waals surface area contributed by atoms with Crippen molar-refractivity contribution >= 4 is 19.4 Å². The first-order valence-electron chi connectivity index (χ1n) is 5.73. The monoisotopic (exact) mass is 347 g/mol. The Balaban J connectivity index is 5.58. The highest BCUT2D eigenvalue weighted by atomic mass is 35.7. The van der Waals surface area contributed by atoms with Crippen molar-refractivity contribution in [2.45, 2.75) is 57.7 Å². The molecule has 0 N–H and O–H groups in total. The van der Waals surface area contributed by atoms with Crippen LogP contribution in [0.5, 0.6) is 0 Å². The van der Waals surface area contributed by atoms with E-state index in [9.17, 15) is 26.3 Å². The first-order chi connectivity index (χ1) is 8.80. The molecule has 0 aromatic carbocycles. The summed E-state index contributed by atoms with van der Waals surface area (Å²) in [5.41, 5.74) is -4.84. The van der Waals surface area contributed by atoms with Crippen LogP contribution in [0.1, 0.15) is 27.7 Å². The lowest BCUT2D eigenvalue weighted by molar-refractivity contribution is -0.359. The van der Waals surface area contributed by atoms with Crippen LogP contribution in [0, 0.1) is 0 Å². The maximum Gasteiger partial charge on any atom is 0.432 e. The standard InChI is InChI=1S/C10H17ClF6NOP/c1-6(2)18(7(3)4)5-8(12,9(13,14)15)10(16,17)19-20-11/h6-7,20H,5H2,1-4H3. The van der Waals surface area contributed by atoms with Gasteiger partial charge in [-0.1, -0.05) is 11.2 Å². The number of halogens is 7. The molecule has 0 aliphatic rings. The average molecular weight is 348 g/mol. The highest BCUT2D eigenvalue weighted by Gasteiger charge is 2.73. The van der Waals surface area contributed by atoms with Crippen molar-refractivity contribution in [3.05, 3.63) is 0 Å². The highest BCUT2D eigenvalue weighted by molar-refractivity contribution is 7.64. The van der Waals surface area contributed by atoms with Crippen LogP contribution in [-0.4, -0.2) is 41.5 Å². The summed E-state index contributed by atoms with van der Waals surface area (Å²) >= 11 is 4.88. The van der Waals surface area contributed by atoms with Crippen LogP contribution in [0.2, 0.25) is 0 Å². The molecule has 0 saturated heterocycles. The van der Waals surface area contributed by atoms with Crippen molar-refractivity contribution in [3.63, 3.8) is 0 Å². The SMILES string of the molecule is CC(C)N(CC(F)(C(F)(F)F)C(F)(F)OPCl)C(C)C. The molecule has 2 atom stereocenters. The number of nitrogens with zero attached hydrogens (tertiary/aromatic N) is 1. The lowest BCUT2D eigenvalue weighted by Gasteiger charge is -2.40. The van der Waals surface area contributed by atoms with Gasteiger partial charge in [0.05, 0.1) is 6.54 Å². The maximum absolute atomic E-state index is 14.1. The van der Waals surface area contributed by atoms with E-state index in [0.29, 0.717) is 0 Å². The fourth-order valence-corrected chi connectivity index (χ4v) is 2.24. The second-order valence-corrected chi connectivity index (χ2v) is 5.68. The quantitative estimate of drug-likeness (QED) is 0.487. The molecule has 10 heteroatoms. The zero-order valence-electron chi connectivity index (χ0n) is 11.4. The number of hydrogen-bond acceptors (Lipinski definition) is 2. The van der Waals surface area contributed by atoms with Crippen molar-refractivity contribution in [1.29, 1.82) is 0 Å². The molecule has 0 aromatic rings. The molecule has 0 saturated carbocycles. The van der Waals surface area contributed by atoms with Gasteiger partial charge in [0.2, 0.25) is 0 Å². The van der Waals surface area contributed by atoms with Crippen LogP contribution in [0.15, 0.2) is 0 Å². The van der Waals surface area contributed by atoms with Gasteiger partial charge in [-0.2, -0.15) is 22.0 Å². The fraction of sp³-hybridized carbons (Fsp3) is 1.00. The molecule has 0 spiro atoms. The molecule has 2 nitrogen and oxygen atoms in total. The molecule has 0 aliphatic carbocycles. The van der Waals surface area contributed by atoms with Crippen LogP contribution < -0.4 is 0 Å². The Morgan fingerprint density at radius 2 is 1.40 bits per heavy atom. The summed E-state index contributed by atoms with van der Waals surface area (Å²) in [5, 5.41) is 0. The van der Waals surface area contributed by atoms with Crippen LogP contribution >= 0.6 is 19.4 Å². The summed E-state index contributed by atoms with van der Waals surface area (Å²) in [4.78, 5) is 0.974. The number of alkyl halides is 6. The summed E-state index contributed by atoms with van der Waals surface area (Å²) in [6, 6.07) is -1.11. The Hall–Kier alpha value is 0.220. The molecule has 2 unspecified atom stereocenters. The van der Waals surface area contributed by atoms with Crippen molar-refractivity contribution in [1.82, 2.24) is 4.90 Å². The molecule has 0 heterocycles. The summed E-state index contributed by atoms with van der Waals surface area (Å²) in [7, 11) is -1.49. The maximum atomic E-state index is 14.1. The van der Waals surface area contributed by atoms with Crippen LogP contribution in [0.3, 0.4) is 0 Å².